The van der Waals surface area contributed by atoms with Gasteiger partial charge in [-0.3, -0.25) is 4.98 Å². The van der Waals surface area contributed by atoms with E-state index < -0.39 is 26.0 Å². The van der Waals surface area contributed by atoms with Crippen molar-refractivity contribution in [3.8, 4) is 0 Å². The second-order valence-electron chi connectivity index (χ2n) is 11.7. The molecule has 2 heterocycles. The molecule has 0 fully saturated rings. The molecule has 1 aromatic heterocycles. The molecule has 0 spiro atoms. The van der Waals surface area contributed by atoms with E-state index in [1.807, 2.05) is 77.8 Å². The molecular formula is C34H35F3N4OSi. The Labute approximate surface area is 251 Å². The number of benzene rings is 3. The van der Waals surface area contributed by atoms with Crippen LogP contribution in [0.3, 0.4) is 0 Å². The average molecular weight is 601 g/mol. The smallest absolute Gasteiger partial charge is 0.361 e. The van der Waals surface area contributed by atoms with Crippen LogP contribution in [0.1, 0.15) is 34.0 Å². The summed E-state index contributed by atoms with van der Waals surface area (Å²) in [6, 6.07) is 28.2. The van der Waals surface area contributed by atoms with Crippen LogP contribution in [0.15, 0.2) is 115 Å². The van der Waals surface area contributed by atoms with Gasteiger partial charge in [-0.15, -0.1) is 0 Å². The Kier molecular flexibility index (Phi) is 9.13. The van der Waals surface area contributed by atoms with Crippen molar-refractivity contribution in [2.24, 2.45) is 4.99 Å². The molecule has 4 aromatic rings. The van der Waals surface area contributed by atoms with Gasteiger partial charge >= 0.3 is 6.18 Å². The van der Waals surface area contributed by atoms with E-state index in [0.717, 1.165) is 40.6 Å². The molecule has 9 heteroatoms. The van der Waals surface area contributed by atoms with Gasteiger partial charge in [-0.25, -0.2) is 4.99 Å². The molecular weight excluding hydrogens is 565 g/mol. The largest absolute Gasteiger partial charge is 0.416 e. The van der Waals surface area contributed by atoms with Gasteiger partial charge in [0.15, 0.2) is 0 Å². The molecule has 0 bridgehead atoms. The zero-order valence-electron chi connectivity index (χ0n) is 24.5. The Hall–Kier alpha value is -4.21. The highest BCUT2D eigenvalue weighted by atomic mass is 28.3. The van der Waals surface area contributed by atoms with Gasteiger partial charge in [0.05, 0.1) is 28.9 Å². The van der Waals surface area contributed by atoms with Crippen molar-refractivity contribution in [2.75, 3.05) is 13.3 Å². The molecule has 0 unspecified atom stereocenters. The van der Waals surface area contributed by atoms with Gasteiger partial charge in [0.2, 0.25) is 0 Å². The topological polar surface area (TPSA) is 49.8 Å². The summed E-state index contributed by atoms with van der Waals surface area (Å²) in [4.78, 5) is 11.5. The van der Waals surface area contributed by atoms with E-state index >= 15 is 0 Å². The fourth-order valence-corrected chi connectivity index (χ4v) is 5.49. The van der Waals surface area contributed by atoms with Gasteiger partial charge in [0.1, 0.15) is 12.9 Å². The third-order valence-corrected chi connectivity index (χ3v) is 8.76. The van der Waals surface area contributed by atoms with Crippen LogP contribution in [-0.4, -0.2) is 37.0 Å². The second-order valence-corrected chi connectivity index (χ2v) is 17.3. The molecule has 0 saturated heterocycles. The number of hydrogen-bond acceptors (Lipinski definition) is 5. The van der Waals surface area contributed by atoms with Gasteiger partial charge in [0.25, 0.3) is 0 Å². The van der Waals surface area contributed by atoms with Crippen LogP contribution in [0.2, 0.25) is 25.7 Å². The maximum Gasteiger partial charge on any atom is 0.416 e. The second kappa shape index (κ2) is 13.0. The van der Waals surface area contributed by atoms with Crippen molar-refractivity contribution >= 4 is 25.2 Å². The van der Waals surface area contributed by atoms with Gasteiger partial charge in [-0.05, 0) is 29.8 Å². The maximum atomic E-state index is 13.5. The van der Waals surface area contributed by atoms with E-state index in [4.69, 9.17) is 9.73 Å². The number of pyridine rings is 1. The van der Waals surface area contributed by atoms with Gasteiger partial charge in [0, 0.05) is 43.8 Å². The average Bonchev–Trinajstić information content (AvgIpc) is 3.43. The molecule has 0 radical (unpaired) electrons. The van der Waals surface area contributed by atoms with E-state index in [-0.39, 0.29) is 6.73 Å². The summed E-state index contributed by atoms with van der Waals surface area (Å²) >= 11 is 0. The highest BCUT2D eigenvalue weighted by Crippen LogP contribution is 2.35. The van der Waals surface area contributed by atoms with E-state index in [1.54, 1.807) is 18.5 Å². The van der Waals surface area contributed by atoms with Crippen LogP contribution in [0, 0.1) is 0 Å². The molecule has 1 aliphatic heterocycles. The summed E-state index contributed by atoms with van der Waals surface area (Å²) in [6.07, 6.45) is 0.444. The molecule has 1 N–H and O–H groups in total. The molecule has 1 atom stereocenters. The van der Waals surface area contributed by atoms with E-state index in [0.29, 0.717) is 23.6 Å². The molecule has 222 valence electrons. The number of aliphatic imine (C=N–C) groups is 1. The number of hydrogen-bond donors (Lipinski definition) is 1. The normalized spacial score (nSPS) is 15.2. The summed E-state index contributed by atoms with van der Waals surface area (Å²) in [7, 11) is -1.29. The Balaban J connectivity index is 1.47. The number of aromatic nitrogens is 1. The summed E-state index contributed by atoms with van der Waals surface area (Å²) in [5.74, 6) is 0. The highest BCUT2D eigenvalue weighted by molar-refractivity contribution is 6.76. The van der Waals surface area contributed by atoms with Gasteiger partial charge in [-0.2, -0.15) is 13.2 Å². The number of rotatable bonds is 10. The lowest BCUT2D eigenvalue weighted by atomic mass is 10.0. The number of alkyl halides is 3. The van der Waals surface area contributed by atoms with Crippen LogP contribution >= 0.6 is 0 Å². The van der Waals surface area contributed by atoms with Crippen LogP contribution in [-0.2, 0) is 10.9 Å². The zero-order valence-corrected chi connectivity index (χ0v) is 25.5. The van der Waals surface area contributed by atoms with Crippen LogP contribution in [0.4, 0.5) is 18.9 Å². The highest BCUT2D eigenvalue weighted by Gasteiger charge is 2.32. The van der Waals surface area contributed by atoms with E-state index in [2.05, 4.69) is 29.9 Å². The van der Waals surface area contributed by atoms with Crippen LogP contribution < -0.4 is 5.32 Å². The van der Waals surface area contributed by atoms with Crippen molar-refractivity contribution in [3.05, 3.63) is 137 Å². The lowest BCUT2D eigenvalue weighted by Gasteiger charge is -2.26. The predicted octanol–water partition coefficient (Wildman–Crippen LogP) is 8.48. The zero-order chi connectivity index (χ0) is 30.5. The van der Waals surface area contributed by atoms with E-state index in [1.165, 1.54) is 6.07 Å². The summed E-state index contributed by atoms with van der Waals surface area (Å²) in [5.41, 5.74) is 4.57. The fraction of sp³-hybridized carbons (Fsp3) is 0.235. The molecule has 5 rings (SSSR count). The molecule has 0 saturated carbocycles. The maximum absolute atomic E-state index is 13.5. The number of ether oxygens (including phenoxy) is 1. The Morgan fingerprint density at radius 2 is 1.58 bits per heavy atom. The van der Waals surface area contributed by atoms with Crippen molar-refractivity contribution in [3.63, 3.8) is 0 Å². The standard InChI is InChI=1S/C34H35F3N4OSi/c1-43(2,3)18-17-42-24-41-23-31(27-15-10-16-29(19-27)34(35,36)37)40-33(41)28-20-30(22-38-21-28)39-32(25-11-6-4-7-12-25)26-13-8-5-9-14-26/h4-16,19-23,33,40H,17-18,24H2,1-3H3/t33-/m0/s1. The van der Waals surface area contributed by atoms with E-state index in [9.17, 15) is 13.2 Å². The van der Waals surface area contributed by atoms with Crippen LogP contribution in [0.5, 0.6) is 0 Å². The minimum Gasteiger partial charge on any atom is -0.361 e. The number of halogens is 3. The minimum absolute atomic E-state index is 0.275. The molecule has 3 aromatic carbocycles. The third-order valence-electron chi connectivity index (χ3n) is 7.05. The summed E-state index contributed by atoms with van der Waals surface area (Å²) in [5, 5.41) is 3.41. The van der Waals surface area contributed by atoms with Crippen molar-refractivity contribution in [1.82, 2.24) is 15.2 Å². The SMILES string of the molecule is C[Si](C)(C)CCOCN1C=C(c2cccc(C(F)(F)F)c2)N[C@@H]1c1cncc(N=C(c2ccccc2)c2ccccc2)c1. The third kappa shape index (κ3) is 8.00. The minimum atomic E-state index is -4.43. The van der Waals surface area contributed by atoms with Crippen molar-refractivity contribution < 1.29 is 17.9 Å². The van der Waals surface area contributed by atoms with Crippen molar-refractivity contribution in [2.45, 2.75) is 38.0 Å². The first-order valence-electron chi connectivity index (χ1n) is 14.2. The molecule has 5 nitrogen and oxygen atoms in total. The summed E-state index contributed by atoms with van der Waals surface area (Å²) < 4.78 is 46.5. The monoisotopic (exact) mass is 600 g/mol. The van der Waals surface area contributed by atoms with Gasteiger partial charge in [-0.1, -0.05) is 92.4 Å². The van der Waals surface area contributed by atoms with Crippen LogP contribution in [0.25, 0.3) is 5.70 Å². The lowest BCUT2D eigenvalue weighted by molar-refractivity contribution is -0.137. The number of nitrogens with one attached hydrogen (secondary N) is 1. The fourth-order valence-electron chi connectivity index (χ4n) is 4.74. The summed E-state index contributed by atoms with van der Waals surface area (Å²) in [6.45, 7) is 7.76. The Bertz CT molecular complexity index is 1540. The molecule has 43 heavy (non-hydrogen) atoms. The quantitative estimate of drug-likeness (QED) is 0.113. The molecule has 0 aliphatic carbocycles. The predicted molar refractivity (Wildman–Crippen MR) is 169 cm³/mol. The first kappa shape index (κ1) is 30.3. The van der Waals surface area contributed by atoms with Crippen molar-refractivity contribution in [1.29, 1.82) is 0 Å². The first-order valence-corrected chi connectivity index (χ1v) is 17.9. The Morgan fingerprint density at radius 3 is 2.21 bits per heavy atom. The van der Waals surface area contributed by atoms with Gasteiger partial charge < -0.3 is 15.0 Å². The Morgan fingerprint density at radius 1 is 0.907 bits per heavy atom. The molecule has 0 amide bonds. The molecule has 1 aliphatic rings. The first-order chi connectivity index (χ1) is 20.6. The number of nitrogens with zero attached hydrogens (tertiary/aromatic N) is 3. The lowest BCUT2D eigenvalue weighted by Crippen LogP contribution is -2.30.